The van der Waals surface area contributed by atoms with Crippen molar-refractivity contribution in [3.63, 3.8) is 0 Å². The van der Waals surface area contributed by atoms with Gasteiger partial charge >= 0.3 is 5.97 Å². The summed E-state index contributed by atoms with van der Waals surface area (Å²) in [7, 11) is 1.67. The second kappa shape index (κ2) is 7.26. The summed E-state index contributed by atoms with van der Waals surface area (Å²) in [5.74, 6) is -0.268. The number of nitrogens with one attached hydrogen (secondary N) is 1. The van der Waals surface area contributed by atoms with Gasteiger partial charge in [0.2, 0.25) is 0 Å². The molecule has 0 saturated carbocycles. The lowest BCUT2D eigenvalue weighted by molar-refractivity contribution is -0.145. The fourth-order valence-corrected chi connectivity index (χ4v) is 0.969. The third kappa shape index (κ3) is 5.48. The lowest BCUT2D eigenvalue weighted by Crippen LogP contribution is -2.35. The smallest absolute Gasteiger partial charge is 0.323 e. The lowest BCUT2D eigenvalue weighted by atomic mass is 10.1. The summed E-state index contributed by atoms with van der Waals surface area (Å²) in [5.41, 5.74) is 0. The van der Waals surface area contributed by atoms with E-state index in [4.69, 9.17) is 4.74 Å². The maximum absolute atomic E-state index is 11.3. The van der Waals surface area contributed by atoms with Crippen molar-refractivity contribution in [3.8, 4) is 0 Å². The van der Waals surface area contributed by atoms with Gasteiger partial charge in [0.25, 0.3) is 0 Å². The first-order valence-electron chi connectivity index (χ1n) is 4.56. The molecule has 0 aliphatic heterocycles. The van der Waals surface area contributed by atoms with E-state index in [2.05, 4.69) is 11.9 Å². The van der Waals surface area contributed by atoms with Gasteiger partial charge in [0.05, 0.1) is 0 Å². The number of ketones is 1. The van der Waals surface area contributed by atoms with Gasteiger partial charge in [-0.15, -0.1) is 0 Å². The highest BCUT2D eigenvalue weighted by molar-refractivity contribution is 5.79. The minimum atomic E-state index is -0.404. The molecule has 0 radical (unpaired) electrons. The molecule has 0 amide bonds. The normalized spacial score (nSPS) is 11.9. The number of hydrogen-bond acceptors (Lipinski definition) is 4. The molecule has 0 fully saturated rings. The first-order chi connectivity index (χ1) is 6.61. The highest BCUT2D eigenvalue weighted by Gasteiger charge is 2.17. The molecule has 0 aromatic carbocycles. The number of hydrogen-bond donors (Lipinski definition) is 1. The highest BCUT2D eigenvalue weighted by Crippen LogP contribution is 2.00. The van der Waals surface area contributed by atoms with E-state index in [0.29, 0.717) is 12.8 Å². The predicted molar refractivity (Wildman–Crippen MR) is 53.9 cm³/mol. The van der Waals surface area contributed by atoms with Crippen LogP contribution >= 0.6 is 0 Å². The largest absolute Gasteiger partial charge is 0.460 e. The number of rotatable bonds is 7. The fourth-order valence-electron chi connectivity index (χ4n) is 0.969. The summed E-state index contributed by atoms with van der Waals surface area (Å²) in [4.78, 5) is 22.0. The Kier molecular flexibility index (Phi) is 6.66. The zero-order valence-electron chi connectivity index (χ0n) is 8.71. The van der Waals surface area contributed by atoms with Gasteiger partial charge in [0.1, 0.15) is 18.4 Å². The topological polar surface area (TPSA) is 55.4 Å². The maximum atomic E-state index is 11.3. The Hall–Kier alpha value is -1.16. The van der Waals surface area contributed by atoms with Gasteiger partial charge in [-0.3, -0.25) is 4.79 Å². The van der Waals surface area contributed by atoms with Crippen LogP contribution in [0.25, 0.3) is 0 Å². The van der Waals surface area contributed by atoms with E-state index in [1.807, 2.05) is 0 Å². The van der Waals surface area contributed by atoms with Crippen LogP contribution in [0.3, 0.4) is 0 Å². The van der Waals surface area contributed by atoms with Gasteiger partial charge in [-0.2, -0.15) is 0 Å². The van der Waals surface area contributed by atoms with Crippen molar-refractivity contribution in [2.24, 2.45) is 0 Å². The fraction of sp³-hybridized carbons (Fsp3) is 0.600. The van der Waals surface area contributed by atoms with Gasteiger partial charge in [-0.1, -0.05) is 12.7 Å². The van der Waals surface area contributed by atoms with Crippen LogP contribution in [0.2, 0.25) is 0 Å². The van der Waals surface area contributed by atoms with Crippen molar-refractivity contribution >= 4 is 11.8 Å². The van der Waals surface area contributed by atoms with E-state index in [1.165, 1.54) is 13.0 Å². The Morgan fingerprint density at radius 2 is 2.21 bits per heavy atom. The zero-order valence-corrected chi connectivity index (χ0v) is 8.71. The quantitative estimate of drug-likeness (QED) is 0.483. The molecule has 0 aromatic rings. The molecule has 1 N–H and O–H groups in total. The number of carbonyl (C=O) groups excluding carboxylic acids is 2. The summed E-state index contributed by atoms with van der Waals surface area (Å²) in [5, 5.41) is 2.81. The van der Waals surface area contributed by atoms with Gasteiger partial charge < -0.3 is 14.8 Å². The van der Waals surface area contributed by atoms with Crippen LogP contribution in [-0.2, 0) is 14.3 Å². The van der Waals surface area contributed by atoms with Crippen molar-refractivity contribution in [2.75, 3.05) is 13.7 Å². The van der Waals surface area contributed by atoms with Crippen LogP contribution in [0.5, 0.6) is 0 Å². The van der Waals surface area contributed by atoms with Crippen LogP contribution < -0.4 is 5.32 Å². The van der Waals surface area contributed by atoms with Crippen LogP contribution in [-0.4, -0.2) is 31.4 Å². The van der Waals surface area contributed by atoms with Crippen molar-refractivity contribution in [1.29, 1.82) is 0 Å². The molecule has 0 rings (SSSR count). The Bertz CT molecular complexity index is 213. The molecule has 0 aliphatic carbocycles. The highest BCUT2D eigenvalue weighted by atomic mass is 16.5. The lowest BCUT2D eigenvalue weighted by Gasteiger charge is -2.13. The Labute approximate surface area is 84.3 Å². The summed E-state index contributed by atoms with van der Waals surface area (Å²) in [6.07, 6.45) is 2.37. The third-order valence-corrected chi connectivity index (χ3v) is 1.76. The predicted octanol–water partition coefficient (Wildman–Crippen LogP) is 0.673. The summed E-state index contributed by atoms with van der Waals surface area (Å²) in [6, 6.07) is -0.404. The van der Waals surface area contributed by atoms with Crippen LogP contribution in [0.4, 0.5) is 0 Å². The minimum Gasteiger partial charge on any atom is -0.460 e. The van der Waals surface area contributed by atoms with Gasteiger partial charge in [0, 0.05) is 6.42 Å². The molecule has 0 aromatic heterocycles. The zero-order chi connectivity index (χ0) is 11.0. The molecule has 0 bridgehead atoms. The molecule has 1 atom stereocenters. The number of ether oxygens (including phenoxy) is 1. The molecule has 80 valence electrons. The average Bonchev–Trinajstić information content (AvgIpc) is 2.15. The van der Waals surface area contributed by atoms with Crippen LogP contribution in [0.15, 0.2) is 12.7 Å². The molecular weight excluding hydrogens is 182 g/mol. The van der Waals surface area contributed by atoms with E-state index in [9.17, 15) is 9.59 Å². The van der Waals surface area contributed by atoms with Crippen molar-refractivity contribution < 1.29 is 14.3 Å². The molecule has 1 unspecified atom stereocenters. The Balaban J connectivity index is 3.92. The van der Waals surface area contributed by atoms with E-state index in [1.54, 1.807) is 7.05 Å². The molecule has 0 spiro atoms. The van der Waals surface area contributed by atoms with Crippen LogP contribution in [0.1, 0.15) is 19.8 Å². The van der Waals surface area contributed by atoms with Gasteiger partial charge in [-0.05, 0) is 20.4 Å². The molecule has 0 saturated heterocycles. The SMILES string of the molecule is C=CCOC(=O)C(CCC(C)=O)NC. The maximum Gasteiger partial charge on any atom is 0.323 e. The minimum absolute atomic E-state index is 0.0711. The van der Waals surface area contributed by atoms with Crippen molar-refractivity contribution in [3.05, 3.63) is 12.7 Å². The summed E-state index contributed by atoms with van der Waals surface area (Å²) < 4.78 is 4.85. The Morgan fingerprint density at radius 3 is 2.64 bits per heavy atom. The van der Waals surface area contributed by atoms with Gasteiger partial charge in [0.15, 0.2) is 0 Å². The molecule has 0 heterocycles. The molecule has 4 nitrogen and oxygen atoms in total. The molecule has 14 heavy (non-hydrogen) atoms. The number of Topliss-reactive ketones (excluding diaryl/α,β-unsaturated/α-hetero) is 1. The number of carbonyl (C=O) groups is 2. The van der Waals surface area contributed by atoms with Crippen molar-refractivity contribution in [1.82, 2.24) is 5.32 Å². The van der Waals surface area contributed by atoms with E-state index in [0.717, 1.165) is 0 Å². The van der Waals surface area contributed by atoms with Crippen LogP contribution in [0, 0.1) is 0 Å². The number of likely N-dealkylation sites (N-methyl/N-ethyl adjacent to an activating group) is 1. The van der Waals surface area contributed by atoms with E-state index >= 15 is 0 Å². The monoisotopic (exact) mass is 199 g/mol. The molecule has 0 aliphatic rings. The molecule has 4 heteroatoms. The first kappa shape index (κ1) is 12.8. The second-order valence-electron chi connectivity index (χ2n) is 3.00. The average molecular weight is 199 g/mol. The second-order valence-corrected chi connectivity index (χ2v) is 3.00. The summed E-state index contributed by atoms with van der Waals surface area (Å²) in [6.45, 7) is 5.15. The van der Waals surface area contributed by atoms with E-state index < -0.39 is 6.04 Å². The summed E-state index contributed by atoms with van der Waals surface area (Å²) >= 11 is 0. The standard InChI is InChI=1S/C10H17NO3/c1-4-7-14-10(13)9(11-3)6-5-8(2)12/h4,9,11H,1,5-7H2,2-3H3. The third-order valence-electron chi connectivity index (χ3n) is 1.76. The van der Waals surface area contributed by atoms with Gasteiger partial charge in [-0.25, -0.2) is 0 Å². The van der Waals surface area contributed by atoms with Crippen molar-refractivity contribution in [2.45, 2.75) is 25.8 Å². The number of esters is 1. The molecular formula is C10H17NO3. The Morgan fingerprint density at radius 1 is 1.57 bits per heavy atom. The van der Waals surface area contributed by atoms with E-state index in [-0.39, 0.29) is 18.4 Å². The first-order valence-corrected chi connectivity index (χ1v) is 4.56.